The molecular weight excluding hydrogens is 518 g/mol. The van der Waals surface area contributed by atoms with Crippen molar-refractivity contribution in [1.82, 2.24) is 29.7 Å². The Hall–Kier alpha value is -4.20. The minimum Gasteiger partial charge on any atom is -0.368 e. The topological polar surface area (TPSA) is 137 Å². The molecule has 0 bridgehead atoms. The summed E-state index contributed by atoms with van der Waals surface area (Å²) in [5, 5.41) is 10.3. The number of carbonyl (C=O) groups is 1. The number of aryl methyl sites for hydroxylation is 1. The molecule has 0 aliphatic carbocycles. The van der Waals surface area contributed by atoms with Crippen LogP contribution < -0.4 is 16.4 Å². The highest BCUT2D eigenvalue weighted by atomic mass is 19.1. The molecule has 0 unspecified atom stereocenters. The van der Waals surface area contributed by atoms with Gasteiger partial charge in [-0.15, -0.1) is 0 Å². The maximum absolute atomic E-state index is 14.7. The van der Waals surface area contributed by atoms with Crippen molar-refractivity contribution in [2.75, 3.05) is 30.5 Å². The van der Waals surface area contributed by atoms with Crippen molar-refractivity contribution in [3.05, 3.63) is 53.0 Å². The number of carbonyl (C=O) groups excluding carboxylic acids is 1. The summed E-state index contributed by atoms with van der Waals surface area (Å²) in [4.78, 5) is 30.1. The van der Waals surface area contributed by atoms with Crippen molar-refractivity contribution >= 4 is 28.6 Å². The second-order valence-electron chi connectivity index (χ2n) is 10.0. The van der Waals surface area contributed by atoms with Crippen molar-refractivity contribution in [1.29, 1.82) is 0 Å². The van der Waals surface area contributed by atoms with Crippen molar-refractivity contribution in [2.24, 2.45) is 5.73 Å². The fourth-order valence-electron chi connectivity index (χ4n) is 4.26. The van der Waals surface area contributed by atoms with E-state index in [0.717, 1.165) is 0 Å². The highest BCUT2D eigenvalue weighted by Gasteiger charge is 2.43. The third kappa shape index (κ3) is 4.54. The second kappa shape index (κ2) is 9.52. The molecule has 10 nitrogen and oxygen atoms in total. The van der Waals surface area contributed by atoms with Crippen LogP contribution in [-0.2, 0) is 16.8 Å². The molecule has 1 amide bonds. The molecule has 5 heterocycles. The summed E-state index contributed by atoms with van der Waals surface area (Å²) in [7, 11) is 0. The molecule has 0 aromatic carbocycles. The number of pyridine rings is 2. The van der Waals surface area contributed by atoms with Gasteiger partial charge in [-0.25, -0.2) is 37.2 Å². The molecule has 0 saturated heterocycles. The first kappa shape index (κ1) is 26.4. The van der Waals surface area contributed by atoms with E-state index < -0.39 is 35.9 Å². The minimum absolute atomic E-state index is 0.0346. The van der Waals surface area contributed by atoms with Crippen molar-refractivity contribution in [3.63, 3.8) is 0 Å². The van der Waals surface area contributed by atoms with E-state index in [2.05, 4.69) is 35.7 Å². The number of anilines is 2. The molecule has 4 aromatic heterocycles. The number of aromatic nitrogens is 6. The number of nitrogens with two attached hydrogens (primary N) is 1. The molecule has 0 radical (unpaired) electrons. The molecule has 0 atom stereocenters. The lowest BCUT2D eigenvalue weighted by Gasteiger charge is -2.25. The van der Waals surface area contributed by atoms with Gasteiger partial charge in [-0.3, -0.25) is 9.78 Å². The Labute approximate surface area is 220 Å². The molecule has 5 rings (SSSR count). The van der Waals surface area contributed by atoms with E-state index in [1.165, 1.54) is 36.0 Å². The second-order valence-corrected chi connectivity index (χ2v) is 10.0. The average Bonchev–Trinajstić information content (AvgIpc) is 3.36. The lowest BCUT2D eigenvalue weighted by Crippen LogP contribution is -2.50. The summed E-state index contributed by atoms with van der Waals surface area (Å²) in [6, 6.07) is 3.92. The van der Waals surface area contributed by atoms with Crippen LogP contribution in [0.5, 0.6) is 0 Å². The number of fused-ring (bicyclic) bond motifs is 2. The van der Waals surface area contributed by atoms with E-state index in [0.29, 0.717) is 5.56 Å². The van der Waals surface area contributed by atoms with E-state index in [-0.39, 0.29) is 64.6 Å². The zero-order valence-corrected chi connectivity index (χ0v) is 21.3. The number of hydrogen-bond acceptors (Lipinski definition) is 8. The largest absolute Gasteiger partial charge is 0.368 e. The Morgan fingerprint density at radius 3 is 2.59 bits per heavy atom. The van der Waals surface area contributed by atoms with Crippen LogP contribution in [0.2, 0.25) is 0 Å². The Balaban J connectivity index is 1.68. The van der Waals surface area contributed by atoms with Gasteiger partial charge in [-0.2, -0.15) is 5.10 Å². The first-order valence-electron chi connectivity index (χ1n) is 12.0. The number of nitrogens with one attached hydrogen (secondary N) is 2. The summed E-state index contributed by atoms with van der Waals surface area (Å²) in [6.07, 6.45) is 1.43. The average molecular weight is 544 g/mol. The molecule has 14 heteroatoms. The Kier molecular flexibility index (Phi) is 6.45. The quantitative estimate of drug-likeness (QED) is 0.288. The van der Waals surface area contributed by atoms with Crippen molar-refractivity contribution in [3.8, 4) is 11.5 Å². The number of hydrogen-bond donors (Lipinski definition) is 3. The van der Waals surface area contributed by atoms with Crippen LogP contribution in [0.25, 0.3) is 22.6 Å². The predicted molar refractivity (Wildman–Crippen MR) is 136 cm³/mol. The molecule has 204 valence electrons. The first-order valence-corrected chi connectivity index (χ1v) is 12.0. The highest BCUT2D eigenvalue weighted by molar-refractivity contribution is 6.06. The summed E-state index contributed by atoms with van der Waals surface area (Å²) >= 11 is 0. The van der Waals surface area contributed by atoms with Gasteiger partial charge in [-0.1, -0.05) is 0 Å². The summed E-state index contributed by atoms with van der Waals surface area (Å²) in [5.74, 6) is -1.31. The van der Waals surface area contributed by atoms with Gasteiger partial charge in [0.05, 0.1) is 39.8 Å². The predicted octanol–water partition coefficient (Wildman–Crippen LogP) is 3.20. The molecule has 0 spiro atoms. The van der Waals surface area contributed by atoms with Gasteiger partial charge in [0.15, 0.2) is 11.5 Å². The van der Waals surface area contributed by atoms with E-state index in [9.17, 15) is 22.4 Å². The van der Waals surface area contributed by atoms with Crippen molar-refractivity contribution in [2.45, 2.75) is 38.3 Å². The standard InChI is InChI=1S/C25H25F4N9O/c1-12-15(29)7-13-18(37-38(22(13)33-12)8-16-14(28)5-4-6-31-16)21-34-19(32-11-25(30,9-26)10-27)17-20(35-21)36-23(39)24(17,2)3/h4-7H,8-11,30H2,1-3H3,(H2,32,34,35,36,39). The normalized spacial score (nSPS) is 14.5. The summed E-state index contributed by atoms with van der Waals surface area (Å²) in [5.41, 5.74) is 3.76. The Bertz CT molecular complexity index is 1600. The highest BCUT2D eigenvalue weighted by Crippen LogP contribution is 2.42. The van der Waals surface area contributed by atoms with Gasteiger partial charge in [0.1, 0.15) is 42.3 Å². The molecule has 4 N–H and O–H groups in total. The Morgan fingerprint density at radius 1 is 1.15 bits per heavy atom. The van der Waals surface area contributed by atoms with E-state index in [1.54, 1.807) is 13.8 Å². The molecular formula is C25H25F4N9O. The van der Waals surface area contributed by atoms with Crippen LogP contribution in [0.1, 0.15) is 30.8 Å². The smallest absolute Gasteiger partial charge is 0.235 e. The zero-order valence-electron chi connectivity index (χ0n) is 21.3. The summed E-state index contributed by atoms with van der Waals surface area (Å²) in [6.45, 7) is 2.04. The third-order valence-corrected chi connectivity index (χ3v) is 6.67. The number of alkyl halides is 2. The fraction of sp³-hybridized carbons (Fsp3) is 0.360. The molecule has 1 aliphatic heterocycles. The van der Waals surface area contributed by atoms with Crippen LogP contribution in [-0.4, -0.2) is 61.1 Å². The van der Waals surface area contributed by atoms with Crippen molar-refractivity contribution < 1.29 is 22.4 Å². The van der Waals surface area contributed by atoms with E-state index in [1.807, 2.05) is 0 Å². The molecule has 39 heavy (non-hydrogen) atoms. The first-order chi connectivity index (χ1) is 18.5. The van der Waals surface area contributed by atoms with Crippen LogP contribution >= 0.6 is 0 Å². The fourth-order valence-corrected chi connectivity index (χ4v) is 4.26. The van der Waals surface area contributed by atoms with Gasteiger partial charge < -0.3 is 16.4 Å². The number of halogens is 4. The SMILES string of the molecule is Cc1nc2c(cc1F)c(-c1nc(NCC(N)(CF)CF)c3c(n1)NC(=O)C3(C)C)nn2Cc1ncccc1F. The van der Waals surface area contributed by atoms with E-state index in [4.69, 9.17) is 5.73 Å². The lowest BCUT2D eigenvalue weighted by molar-refractivity contribution is -0.119. The molecule has 0 saturated carbocycles. The van der Waals surface area contributed by atoms with Gasteiger partial charge in [0, 0.05) is 12.7 Å². The monoisotopic (exact) mass is 543 g/mol. The van der Waals surface area contributed by atoms with E-state index >= 15 is 0 Å². The molecule has 1 aliphatic rings. The van der Waals surface area contributed by atoms with Gasteiger partial charge in [0.25, 0.3) is 0 Å². The Morgan fingerprint density at radius 2 is 1.90 bits per heavy atom. The maximum atomic E-state index is 14.7. The third-order valence-electron chi connectivity index (χ3n) is 6.67. The summed E-state index contributed by atoms with van der Waals surface area (Å²) < 4.78 is 57.3. The maximum Gasteiger partial charge on any atom is 0.235 e. The molecule has 0 fully saturated rings. The van der Waals surface area contributed by atoms with Crippen LogP contribution in [0, 0.1) is 18.6 Å². The van der Waals surface area contributed by atoms with Gasteiger partial charge >= 0.3 is 0 Å². The minimum atomic E-state index is -1.82. The number of amides is 1. The zero-order chi connectivity index (χ0) is 28.1. The van der Waals surface area contributed by atoms with Crippen LogP contribution in [0.15, 0.2) is 24.4 Å². The molecule has 4 aromatic rings. The van der Waals surface area contributed by atoms with Crippen LogP contribution in [0.4, 0.5) is 29.2 Å². The van der Waals surface area contributed by atoms with Crippen LogP contribution in [0.3, 0.4) is 0 Å². The lowest BCUT2D eigenvalue weighted by atomic mass is 9.87. The number of nitrogens with zero attached hydrogens (tertiary/aromatic N) is 6. The van der Waals surface area contributed by atoms with Gasteiger partial charge in [-0.05, 0) is 39.0 Å². The van der Waals surface area contributed by atoms with Gasteiger partial charge in [0.2, 0.25) is 5.91 Å². The number of rotatable bonds is 8.